The second kappa shape index (κ2) is 8.28. The number of hydrogen-bond donors (Lipinski definition) is 3. The molecule has 3 N–H and O–H groups in total. The number of H-pyrrole nitrogens is 1. The summed E-state index contributed by atoms with van der Waals surface area (Å²) in [6, 6.07) is 4.98. The normalized spacial score (nSPS) is 19.3. The minimum Gasteiger partial charge on any atom is -0.337 e. The molecular formula is C23H20F4N6O3. The fourth-order valence-electron chi connectivity index (χ4n) is 5.00. The maximum Gasteiger partial charge on any atom is 0.293 e. The van der Waals surface area contributed by atoms with E-state index in [1.165, 1.54) is 29.8 Å². The number of carbonyl (C=O) groups is 3. The Morgan fingerprint density at radius 3 is 2.47 bits per heavy atom. The quantitative estimate of drug-likeness (QED) is 0.271. The van der Waals surface area contributed by atoms with Crippen LogP contribution >= 0.6 is 0 Å². The van der Waals surface area contributed by atoms with Crippen molar-refractivity contribution < 1.29 is 31.9 Å². The summed E-state index contributed by atoms with van der Waals surface area (Å²) in [5.41, 5.74) is -1.13. The summed E-state index contributed by atoms with van der Waals surface area (Å²) in [5.74, 6) is -6.50. The van der Waals surface area contributed by atoms with Crippen molar-refractivity contribution >= 4 is 23.3 Å². The highest BCUT2D eigenvalue weighted by molar-refractivity contribution is 6.44. The zero-order valence-electron chi connectivity index (χ0n) is 18.9. The molecule has 2 amide bonds. The van der Waals surface area contributed by atoms with Crippen molar-refractivity contribution in [1.29, 1.82) is 0 Å². The number of Topliss-reactive ketones (excluding diaryl/α,β-unsaturated/α-hetero) is 1. The van der Waals surface area contributed by atoms with E-state index in [9.17, 15) is 31.9 Å². The van der Waals surface area contributed by atoms with Gasteiger partial charge in [0.15, 0.2) is 0 Å². The Balaban J connectivity index is 1.45. The van der Waals surface area contributed by atoms with Crippen LogP contribution in [0, 0.1) is 12.7 Å². The van der Waals surface area contributed by atoms with E-state index in [0.29, 0.717) is 0 Å². The first kappa shape index (κ1) is 23.7. The molecule has 13 heteroatoms. The Morgan fingerprint density at radius 1 is 1.17 bits per heavy atom. The summed E-state index contributed by atoms with van der Waals surface area (Å²) in [6.07, 6.45) is -1.94. The summed E-state index contributed by atoms with van der Waals surface area (Å²) in [4.78, 5) is 39.3. The molecular weight excluding hydrogens is 484 g/mol. The lowest BCUT2D eigenvalue weighted by atomic mass is 9.71. The van der Waals surface area contributed by atoms with Gasteiger partial charge in [0, 0.05) is 30.6 Å². The number of anilines is 1. The molecule has 0 spiro atoms. The molecule has 1 saturated carbocycles. The van der Waals surface area contributed by atoms with Crippen LogP contribution < -0.4 is 10.6 Å². The van der Waals surface area contributed by atoms with Crippen LogP contribution in [0.2, 0.25) is 0 Å². The molecule has 1 fully saturated rings. The van der Waals surface area contributed by atoms with Gasteiger partial charge < -0.3 is 15.2 Å². The van der Waals surface area contributed by atoms with Gasteiger partial charge in [0.25, 0.3) is 23.5 Å². The molecule has 5 rings (SSSR count). The Labute approximate surface area is 201 Å². The van der Waals surface area contributed by atoms with E-state index in [4.69, 9.17) is 0 Å². The SMILES string of the molecule is Cc1c(C(=O)C(=O)NC2(c3cn[nH]n3)CC(F)(F)C2)c2n(c1C(=O)Nc1ccc(F)cc1)CC(F)C2. The first-order chi connectivity index (χ1) is 17.0. The molecule has 3 heterocycles. The molecule has 3 aromatic rings. The number of ketones is 1. The largest absolute Gasteiger partial charge is 0.337 e. The molecule has 2 aromatic heterocycles. The highest BCUT2D eigenvalue weighted by atomic mass is 19.3. The molecule has 36 heavy (non-hydrogen) atoms. The van der Waals surface area contributed by atoms with Crippen molar-refractivity contribution in [2.45, 2.75) is 50.4 Å². The zero-order valence-corrected chi connectivity index (χ0v) is 18.9. The van der Waals surface area contributed by atoms with Crippen LogP contribution in [0.4, 0.5) is 23.2 Å². The van der Waals surface area contributed by atoms with Gasteiger partial charge in [-0.15, -0.1) is 0 Å². The third kappa shape index (κ3) is 3.93. The van der Waals surface area contributed by atoms with Gasteiger partial charge in [-0.25, -0.2) is 17.6 Å². The smallest absolute Gasteiger partial charge is 0.293 e. The van der Waals surface area contributed by atoms with E-state index in [1.807, 2.05) is 0 Å². The molecule has 0 saturated heterocycles. The van der Waals surface area contributed by atoms with Crippen LogP contribution in [-0.4, -0.2) is 49.7 Å². The van der Waals surface area contributed by atoms with Crippen LogP contribution in [0.5, 0.6) is 0 Å². The molecule has 1 atom stereocenters. The number of nitrogens with one attached hydrogen (secondary N) is 3. The van der Waals surface area contributed by atoms with Crippen molar-refractivity contribution in [2.24, 2.45) is 0 Å². The highest BCUT2D eigenvalue weighted by Gasteiger charge is 2.60. The fraction of sp³-hybridized carbons (Fsp3) is 0.348. The number of rotatable bonds is 6. The summed E-state index contributed by atoms with van der Waals surface area (Å²) in [6.45, 7) is 1.25. The van der Waals surface area contributed by atoms with Crippen molar-refractivity contribution in [1.82, 2.24) is 25.3 Å². The third-order valence-corrected chi connectivity index (χ3v) is 6.54. The van der Waals surface area contributed by atoms with E-state index in [-0.39, 0.29) is 46.9 Å². The number of nitrogens with zero attached hydrogens (tertiary/aromatic N) is 3. The molecule has 1 aliphatic carbocycles. The van der Waals surface area contributed by atoms with E-state index in [1.54, 1.807) is 0 Å². The Hall–Kier alpha value is -4.03. The van der Waals surface area contributed by atoms with Crippen molar-refractivity contribution in [2.75, 3.05) is 5.32 Å². The van der Waals surface area contributed by atoms with Crippen molar-refractivity contribution in [3.63, 3.8) is 0 Å². The van der Waals surface area contributed by atoms with Crippen LogP contribution in [0.1, 0.15) is 50.6 Å². The van der Waals surface area contributed by atoms with E-state index >= 15 is 0 Å². The van der Waals surface area contributed by atoms with Crippen molar-refractivity contribution in [3.05, 3.63) is 64.5 Å². The average Bonchev–Trinajstić information content (AvgIpc) is 3.49. The number of hydrogen-bond acceptors (Lipinski definition) is 5. The highest BCUT2D eigenvalue weighted by Crippen LogP contribution is 2.51. The summed E-state index contributed by atoms with van der Waals surface area (Å²) >= 11 is 0. The standard InChI is InChI=1S/C23H20F4N6O3/c1-11-17(19(34)21(36)30-22(9-23(26,27)10-22)16-7-28-32-31-16)15-6-13(25)8-33(15)18(11)20(35)29-14-4-2-12(24)3-5-14/h2-5,7,13H,6,8-10H2,1H3,(H,29,35)(H,30,36)(H,28,31,32). The molecule has 188 valence electrons. The third-order valence-electron chi connectivity index (χ3n) is 6.54. The Morgan fingerprint density at radius 2 is 1.86 bits per heavy atom. The lowest BCUT2D eigenvalue weighted by molar-refractivity contribution is -0.148. The zero-order chi connectivity index (χ0) is 25.8. The number of aromatic nitrogens is 4. The maximum absolute atomic E-state index is 14.3. The minimum absolute atomic E-state index is 0.0213. The van der Waals surface area contributed by atoms with Crippen LogP contribution in [0.25, 0.3) is 0 Å². The number of amides is 2. The van der Waals surface area contributed by atoms with Gasteiger partial charge >= 0.3 is 0 Å². The number of aromatic amines is 1. The van der Waals surface area contributed by atoms with Crippen LogP contribution in [-0.2, 0) is 23.3 Å². The Bertz CT molecular complexity index is 1360. The molecule has 1 aromatic carbocycles. The predicted octanol–water partition coefficient (Wildman–Crippen LogP) is 2.82. The summed E-state index contributed by atoms with van der Waals surface area (Å²) < 4.78 is 56.4. The van der Waals surface area contributed by atoms with Gasteiger partial charge in [-0.3, -0.25) is 14.4 Å². The van der Waals surface area contributed by atoms with Gasteiger partial charge in [-0.2, -0.15) is 15.4 Å². The molecule has 2 aliphatic rings. The maximum atomic E-state index is 14.3. The Kier molecular flexibility index (Phi) is 5.45. The molecule has 1 aliphatic heterocycles. The molecule has 1 unspecified atom stereocenters. The monoisotopic (exact) mass is 504 g/mol. The minimum atomic E-state index is -3.06. The number of halogens is 4. The van der Waals surface area contributed by atoms with Crippen LogP contribution in [0.15, 0.2) is 30.5 Å². The second-order valence-electron chi connectivity index (χ2n) is 9.10. The van der Waals surface area contributed by atoms with Gasteiger partial charge in [0.05, 0.1) is 23.8 Å². The first-order valence-corrected chi connectivity index (χ1v) is 11.0. The van der Waals surface area contributed by atoms with Gasteiger partial charge in [0.2, 0.25) is 0 Å². The number of alkyl halides is 3. The lowest BCUT2D eigenvalue weighted by Gasteiger charge is -2.46. The average molecular weight is 504 g/mol. The van der Waals surface area contributed by atoms with E-state index in [0.717, 1.165) is 12.1 Å². The van der Waals surface area contributed by atoms with Crippen LogP contribution in [0.3, 0.4) is 0 Å². The van der Waals surface area contributed by atoms with E-state index in [2.05, 4.69) is 26.0 Å². The number of carbonyl (C=O) groups excluding carboxylic acids is 3. The summed E-state index contributed by atoms with van der Waals surface area (Å²) in [5, 5.41) is 14.6. The topological polar surface area (TPSA) is 122 Å². The predicted molar refractivity (Wildman–Crippen MR) is 117 cm³/mol. The van der Waals surface area contributed by atoms with E-state index < -0.39 is 53.9 Å². The molecule has 9 nitrogen and oxygen atoms in total. The second-order valence-corrected chi connectivity index (χ2v) is 9.10. The number of fused-ring (bicyclic) bond motifs is 1. The van der Waals surface area contributed by atoms with Crippen molar-refractivity contribution in [3.8, 4) is 0 Å². The van der Waals surface area contributed by atoms with Gasteiger partial charge in [0.1, 0.15) is 23.4 Å². The number of benzene rings is 1. The first-order valence-electron chi connectivity index (χ1n) is 11.0. The van der Waals surface area contributed by atoms with Gasteiger partial charge in [-0.05, 0) is 36.8 Å². The molecule has 0 bridgehead atoms. The van der Waals surface area contributed by atoms with Gasteiger partial charge in [-0.1, -0.05) is 0 Å². The molecule has 0 radical (unpaired) electrons. The summed E-state index contributed by atoms with van der Waals surface area (Å²) in [7, 11) is 0. The fourth-order valence-corrected chi connectivity index (χ4v) is 5.00. The lowest BCUT2D eigenvalue weighted by Crippen LogP contribution is -2.61.